The molecule has 0 aliphatic carbocycles. The molecule has 0 spiro atoms. The zero-order valence-electron chi connectivity index (χ0n) is 22.2. The number of thiol groups is 2. The molecule has 3 aliphatic rings. The molecule has 5 N–H and O–H groups in total. The summed E-state index contributed by atoms with van der Waals surface area (Å²) in [6, 6.07) is 0. The van der Waals surface area contributed by atoms with E-state index in [2.05, 4.69) is 59.7 Å². The highest BCUT2D eigenvalue weighted by atomic mass is 32.7. The summed E-state index contributed by atoms with van der Waals surface area (Å²) < 4.78 is 89.5. The van der Waals surface area contributed by atoms with Crippen LogP contribution in [0.15, 0.2) is 17.4 Å². The number of aromatic amines is 1. The van der Waals surface area contributed by atoms with Crippen LogP contribution in [0.25, 0.3) is 22.3 Å². The van der Waals surface area contributed by atoms with Crippen molar-refractivity contribution in [2.24, 2.45) is 0 Å². The predicted octanol–water partition coefficient (Wildman–Crippen LogP) is 1.39. The van der Waals surface area contributed by atoms with E-state index in [0.717, 1.165) is 33.7 Å². The Kier molecular flexibility index (Phi) is 7.70. The van der Waals surface area contributed by atoms with Crippen LogP contribution >= 0.6 is 49.9 Å². The molecule has 7 heterocycles. The first-order chi connectivity index (χ1) is 21.3. The third-order valence-corrected chi connectivity index (χ3v) is 11.9. The highest BCUT2D eigenvalue weighted by Gasteiger charge is 2.58. The Bertz CT molecular complexity index is 1970. The van der Waals surface area contributed by atoms with Gasteiger partial charge in [-0.2, -0.15) is 4.98 Å². The highest BCUT2D eigenvalue weighted by molar-refractivity contribution is 8.44. The molecular formula is C19H21F2N11O8P2S3. The molecule has 0 saturated carbocycles. The van der Waals surface area contributed by atoms with Gasteiger partial charge in [-0.05, 0) is 0 Å². The van der Waals surface area contributed by atoms with Crippen molar-refractivity contribution in [3.63, 3.8) is 0 Å². The van der Waals surface area contributed by atoms with E-state index in [9.17, 15) is 13.9 Å². The number of alkyl halides is 2. The van der Waals surface area contributed by atoms with Gasteiger partial charge in [-0.25, -0.2) is 37.5 Å². The van der Waals surface area contributed by atoms with Gasteiger partial charge in [0, 0.05) is 0 Å². The van der Waals surface area contributed by atoms with Crippen LogP contribution in [0, 0.1) is 0 Å². The van der Waals surface area contributed by atoms with Crippen molar-refractivity contribution in [2.45, 2.75) is 40.9 Å². The van der Waals surface area contributed by atoms with Crippen molar-refractivity contribution in [1.29, 1.82) is 0 Å². The number of thioether (sulfide) groups is 1. The van der Waals surface area contributed by atoms with Gasteiger partial charge in [0.25, 0.3) is 5.56 Å². The number of aromatic nitrogens is 9. The summed E-state index contributed by atoms with van der Waals surface area (Å²) in [4.78, 5) is 30.5. The van der Waals surface area contributed by atoms with Gasteiger partial charge in [-0.1, -0.05) is 29.7 Å². The number of hydrogen-bond acceptors (Lipinski definition) is 17. The van der Waals surface area contributed by atoms with Crippen LogP contribution in [0.4, 0.5) is 20.5 Å². The Hall–Kier alpha value is -2.40. The van der Waals surface area contributed by atoms with E-state index in [-0.39, 0.29) is 34.1 Å². The SMILES string of the molecule is Nc1nc2c(nnn2[C@@H]2S[C@@H]3COP(=O)(S)O[C@@H]4[C@@H](COP(=O)(S)O[C@@H]2[C@@H]3F)OC[C@]4(F)n2cnc3c(N)ncnc32)c(=O)[nH]1. The van der Waals surface area contributed by atoms with Crippen molar-refractivity contribution in [3.8, 4) is 0 Å². The molecule has 45 heavy (non-hydrogen) atoms. The molecule has 3 aliphatic heterocycles. The van der Waals surface area contributed by atoms with Gasteiger partial charge in [0.1, 0.15) is 42.2 Å². The minimum atomic E-state index is -4.49. The molecule has 19 nitrogen and oxygen atoms in total. The number of halogens is 2. The fourth-order valence-corrected chi connectivity index (χ4v) is 9.73. The van der Waals surface area contributed by atoms with Gasteiger partial charge in [0.2, 0.25) is 11.7 Å². The normalized spacial score (nSPS) is 37.7. The Morgan fingerprint density at radius 3 is 2.64 bits per heavy atom. The van der Waals surface area contributed by atoms with E-state index < -0.39 is 79.9 Å². The third-order valence-electron chi connectivity index (χ3n) is 7.20. The topological polar surface area (TPSA) is 252 Å². The molecule has 9 atom stereocenters. The number of nitrogens with two attached hydrogens (primary N) is 2. The number of imidazole rings is 1. The fraction of sp³-hybridized carbons (Fsp3) is 0.526. The van der Waals surface area contributed by atoms with E-state index in [1.54, 1.807) is 0 Å². The van der Waals surface area contributed by atoms with Crippen LogP contribution in [0.1, 0.15) is 5.37 Å². The molecule has 4 aromatic rings. The van der Waals surface area contributed by atoms with Crippen LogP contribution in [-0.4, -0.2) is 94.0 Å². The summed E-state index contributed by atoms with van der Waals surface area (Å²) >= 11 is 8.87. The second kappa shape index (κ2) is 11.1. The standard InChI is InChI=1S/C19H21F2N11O8P2S3/c20-8-7-2-38-42(35,44)40-12-6(36-3-19(12,21)31-5-26-9-13(22)24-4-25-14(9)31)1-37-41(34,43)39-11(8)17(45-7)32-15-10(29-30-32)16(33)28-18(23)27-15/h4-8,11-12,17H,1-3H2,(H,34,43)(H,35,44)(H2,22,24,25)(H3,23,27,28,33)/t6-,7-,8-,11-,12-,17-,19+,41?,42?/m1/s1. The van der Waals surface area contributed by atoms with Crippen molar-refractivity contribution in [2.75, 3.05) is 31.3 Å². The smallest absolute Gasteiger partial charge is 0.382 e. The van der Waals surface area contributed by atoms with Gasteiger partial charge < -0.3 is 16.2 Å². The summed E-state index contributed by atoms with van der Waals surface area (Å²) in [6.45, 7) is -11.0. The Labute approximate surface area is 263 Å². The van der Waals surface area contributed by atoms with E-state index in [4.69, 9.17) is 34.3 Å². The number of nitrogens with zero attached hydrogens (tertiary/aromatic N) is 8. The number of rotatable bonds is 2. The first-order valence-electron chi connectivity index (χ1n) is 12.7. The molecule has 0 amide bonds. The van der Waals surface area contributed by atoms with Gasteiger partial charge in [-0.15, -0.1) is 16.9 Å². The molecule has 26 heteroatoms. The molecule has 4 aromatic heterocycles. The first-order valence-corrected chi connectivity index (χ1v) is 19.1. The lowest BCUT2D eigenvalue weighted by Crippen LogP contribution is -2.44. The largest absolute Gasteiger partial charge is 0.386 e. The maximum absolute atomic E-state index is 16.9. The van der Waals surface area contributed by atoms with E-state index in [1.807, 2.05) is 0 Å². The Morgan fingerprint density at radius 2 is 1.84 bits per heavy atom. The molecule has 3 saturated heterocycles. The summed E-state index contributed by atoms with van der Waals surface area (Å²) in [5, 5.41) is 5.34. The van der Waals surface area contributed by atoms with Gasteiger partial charge in [-0.3, -0.25) is 32.4 Å². The lowest BCUT2D eigenvalue weighted by Gasteiger charge is -2.31. The van der Waals surface area contributed by atoms with E-state index in [1.165, 1.54) is 0 Å². The van der Waals surface area contributed by atoms with Crippen LogP contribution in [-0.2, 0) is 37.8 Å². The van der Waals surface area contributed by atoms with Gasteiger partial charge in [0.05, 0.1) is 24.8 Å². The molecule has 0 radical (unpaired) electrons. The van der Waals surface area contributed by atoms with E-state index >= 15 is 8.78 Å². The second-order valence-electron chi connectivity index (χ2n) is 10.0. The average molecular weight is 728 g/mol. The summed E-state index contributed by atoms with van der Waals surface area (Å²) in [6.07, 6.45) is -4.59. The Balaban J connectivity index is 1.23. The zero-order valence-corrected chi connectivity index (χ0v) is 26.6. The molecule has 7 rings (SSSR count). The lowest BCUT2D eigenvalue weighted by atomic mass is 10.1. The van der Waals surface area contributed by atoms with Crippen molar-refractivity contribution < 1.29 is 40.7 Å². The quantitative estimate of drug-likeness (QED) is 0.144. The molecule has 2 bridgehead atoms. The third kappa shape index (κ3) is 5.43. The molecule has 242 valence electrons. The first kappa shape index (κ1) is 31.2. The number of anilines is 2. The lowest BCUT2D eigenvalue weighted by molar-refractivity contribution is -0.0334. The minimum absolute atomic E-state index is 0.0232. The van der Waals surface area contributed by atoms with Crippen LogP contribution in [0.2, 0.25) is 0 Å². The highest BCUT2D eigenvalue weighted by Crippen LogP contribution is 2.62. The summed E-state index contributed by atoms with van der Waals surface area (Å²) in [5.41, 5.74) is 10.5. The number of ether oxygens (including phenoxy) is 1. The number of H-pyrrole nitrogens is 1. The van der Waals surface area contributed by atoms with Crippen LogP contribution in [0.3, 0.4) is 0 Å². The number of nitrogens with one attached hydrogen (secondary N) is 1. The maximum Gasteiger partial charge on any atom is 0.386 e. The summed E-state index contributed by atoms with van der Waals surface area (Å²) in [7, 11) is 0. The van der Waals surface area contributed by atoms with Crippen molar-refractivity contribution in [3.05, 3.63) is 23.0 Å². The average Bonchev–Trinajstić information content (AvgIpc) is 3.73. The second-order valence-corrected chi connectivity index (χ2v) is 17.1. The fourth-order valence-electron chi connectivity index (χ4n) is 5.15. The maximum atomic E-state index is 16.9. The van der Waals surface area contributed by atoms with Gasteiger partial charge >= 0.3 is 13.6 Å². The number of hydrogen-bond donors (Lipinski definition) is 5. The monoisotopic (exact) mass is 727 g/mol. The molecule has 2 unspecified atom stereocenters. The number of nitrogen functional groups attached to an aromatic ring is 2. The molecule has 0 aromatic carbocycles. The van der Waals surface area contributed by atoms with Crippen LogP contribution < -0.4 is 17.0 Å². The predicted molar refractivity (Wildman–Crippen MR) is 159 cm³/mol. The van der Waals surface area contributed by atoms with Crippen LogP contribution in [0.5, 0.6) is 0 Å². The van der Waals surface area contributed by atoms with Crippen molar-refractivity contribution in [1.82, 2.24) is 44.5 Å². The number of fused-ring (bicyclic) bond motifs is 5. The molecule has 3 fully saturated rings. The van der Waals surface area contributed by atoms with E-state index in [0.29, 0.717) is 0 Å². The summed E-state index contributed by atoms with van der Waals surface area (Å²) in [5.74, 6) is -2.93. The molecular weight excluding hydrogens is 706 g/mol. The Morgan fingerprint density at radius 1 is 1.09 bits per heavy atom. The minimum Gasteiger partial charge on any atom is -0.382 e. The zero-order chi connectivity index (χ0) is 31.9. The van der Waals surface area contributed by atoms with Crippen molar-refractivity contribution >= 4 is 83.9 Å². The van der Waals surface area contributed by atoms with Gasteiger partial charge in [0.15, 0.2) is 28.7 Å².